The van der Waals surface area contributed by atoms with E-state index in [0.717, 1.165) is 0 Å². The van der Waals surface area contributed by atoms with Gasteiger partial charge in [-0.3, -0.25) is 4.79 Å². The number of urea groups is 1. The van der Waals surface area contributed by atoms with E-state index in [-0.39, 0.29) is 12.8 Å². The van der Waals surface area contributed by atoms with E-state index in [1.165, 1.54) is 6.92 Å². The van der Waals surface area contributed by atoms with Crippen LogP contribution in [0.1, 0.15) is 33.6 Å². The van der Waals surface area contributed by atoms with Crippen molar-refractivity contribution in [3.63, 3.8) is 0 Å². The number of primary amides is 1. The number of carboxylic acid groups (broad SMARTS) is 1. The molecule has 7 nitrogen and oxygen atoms in total. The van der Waals surface area contributed by atoms with E-state index in [1.807, 2.05) is 0 Å². The van der Waals surface area contributed by atoms with Gasteiger partial charge in [0.25, 0.3) is 0 Å². The van der Waals surface area contributed by atoms with Crippen molar-refractivity contribution in [1.29, 1.82) is 0 Å². The van der Waals surface area contributed by atoms with Crippen LogP contribution in [-0.2, 0) is 9.59 Å². The molecule has 98 valence electrons. The van der Waals surface area contributed by atoms with Crippen molar-refractivity contribution in [3.05, 3.63) is 0 Å². The second-order valence-electron chi connectivity index (χ2n) is 4.16. The molecule has 3 amide bonds. The largest absolute Gasteiger partial charge is 0.480 e. The summed E-state index contributed by atoms with van der Waals surface area (Å²) in [7, 11) is 0. The first-order valence-corrected chi connectivity index (χ1v) is 5.31. The highest BCUT2D eigenvalue weighted by Crippen LogP contribution is 2.08. The number of carbonyl (C=O) groups is 3. The van der Waals surface area contributed by atoms with Gasteiger partial charge in [-0.2, -0.15) is 0 Å². The van der Waals surface area contributed by atoms with E-state index in [2.05, 4.69) is 10.6 Å². The van der Waals surface area contributed by atoms with Crippen molar-refractivity contribution in [2.45, 2.75) is 45.2 Å². The maximum absolute atomic E-state index is 11.5. The molecule has 0 fully saturated rings. The van der Waals surface area contributed by atoms with Gasteiger partial charge in [0, 0.05) is 12.5 Å². The summed E-state index contributed by atoms with van der Waals surface area (Å²) < 4.78 is 0. The molecule has 2 unspecified atom stereocenters. The topological polar surface area (TPSA) is 122 Å². The fraction of sp³-hybridized carbons (Fsp3) is 0.700. The summed E-state index contributed by atoms with van der Waals surface area (Å²) in [6.45, 7) is 4.67. The van der Waals surface area contributed by atoms with Gasteiger partial charge >= 0.3 is 12.0 Å². The summed E-state index contributed by atoms with van der Waals surface area (Å²) in [5, 5.41) is 13.7. The van der Waals surface area contributed by atoms with Crippen LogP contribution in [0.25, 0.3) is 0 Å². The smallest absolute Gasteiger partial charge is 0.329 e. The van der Waals surface area contributed by atoms with Crippen molar-refractivity contribution in [2.75, 3.05) is 0 Å². The standard InChI is InChI=1S/C10H19N3O4/c1-4-10(3,8(15)16)13-9(17)12-6(2)5-7(11)14/h6H,4-5H2,1-3H3,(H2,11,14)(H,15,16)(H2,12,13,17). The lowest BCUT2D eigenvalue weighted by Crippen LogP contribution is -2.56. The van der Waals surface area contributed by atoms with Gasteiger partial charge in [-0.15, -0.1) is 0 Å². The Morgan fingerprint density at radius 1 is 1.41 bits per heavy atom. The van der Waals surface area contributed by atoms with E-state index in [9.17, 15) is 14.4 Å². The number of hydrogen-bond donors (Lipinski definition) is 4. The Morgan fingerprint density at radius 2 is 1.94 bits per heavy atom. The second-order valence-corrected chi connectivity index (χ2v) is 4.16. The highest BCUT2D eigenvalue weighted by Gasteiger charge is 2.32. The number of carbonyl (C=O) groups excluding carboxylic acids is 2. The molecule has 0 aliphatic heterocycles. The Labute approximate surface area is 99.7 Å². The van der Waals surface area contributed by atoms with E-state index in [0.29, 0.717) is 0 Å². The third-order valence-corrected chi connectivity index (χ3v) is 2.45. The molecule has 0 radical (unpaired) electrons. The molecule has 17 heavy (non-hydrogen) atoms. The average molecular weight is 245 g/mol. The first-order valence-electron chi connectivity index (χ1n) is 5.31. The zero-order valence-electron chi connectivity index (χ0n) is 10.2. The van der Waals surface area contributed by atoms with Crippen LogP contribution in [0.15, 0.2) is 0 Å². The van der Waals surface area contributed by atoms with Crippen LogP contribution >= 0.6 is 0 Å². The van der Waals surface area contributed by atoms with Gasteiger partial charge in [0.15, 0.2) is 0 Å². The molecule has 0 aliphatic rings. The summed E-state index contributed by atoms with van der Waals surface area (Å²) in [5.74, 6) is -1.65. The summed E-state index contributed by atoms with van der Waals surface area (Å²) in [5.41, 5.74) is 3.64. The first-order chi connectivity index (χ1) is 7.71. The third kappa shape index (κ3) is 5.19. The maximum atomic E-state index is 11.5. The van der Waals surface area contributed by atoms with Crippen molar-refractivity contribution in [1.82, 2.24) is 10.6 Å². The lowest BCUT2D eigenvalue weighted by Gasteiger charge is -2.25. The molecular formula is C10H19N3O4. The van der Waals surface area contributed by atoms with E-state index < -0.39 is 29.5 Å². The molecular weight excluding hydrogens is 226 g/mol. The Hall–Kier alpha value is -1.79. The zero-order valence-corrected chi connectivity index (χ0v) is 10.2. The highest BCUT2D eigenvalue weighted by atomic mass is 16.4. The zero-order chi connectivity index (χ0) is 13.6. The van der Waals surface area contributed by atoms with Gasteiger partial charge in [0.1, 0.15) is 5.54 Å². The Kier molecular flexibility index (Phi) is 5.43. The molecule has 0 bridgehead atoms. The minimum absolute atomic E-state index is 0.00330. The molecule has 0 rings (SSSR count). The molecule has 5 N–H and O–H groups in total. The number of aliphatic carboxylic acids is 1. The quantitative estimate of drug-likeness (QED) is 0.517. The molecule has 0 aromatic heterocycles. The fourth-order valence-corrected chi connectivity index (χ4v) is 1.16. The summed E-state index contributed by atoms with van der Waals surface area (Å²) >= 11 is 0. The number of nitrogens with two attached hydrogens (primary N) is 1. The van der Waals surface area contributed by atoms with Crippen molar-refractivity contribution >= 4 is 17.9 Å². The first kappa shape index (κ1) is 15.2. The van der Waals surface area contributed by atoms with E-state index in [4.69, 9.17) is 10.8 Å². The van der Waals surface area contributed by atoms with Crippen molar-refractivity contribution in [2.24, 2.45) is 5.73 Å². The number of amides is 3. The average Bonchev–Trinajstić information content (AvgIpc) is 2.15. The molecule has 0 saturated carbocycles. The number of hydrogen-bond acceptors (Lipinski definition) is 3. The number of nitrogens with one attached hydrogen (secondary N) is 2. The molecule has 0 saturated heterocycles. The lowest BCUT2D eigenvalue weighted by molar-refractivity contribution is -0.143. The summed E-state index contributed by atoms with van der Waals surface area (Å²) in [6, 6.07) is -1.08. The van der Waals surface area contributed by atoms with Crippen LogP contribution in [0.5, 0.6) is 0 Å². The molecule has 2 atom stereocenters. The lowest BCUT2D eigenvalue weighted by atomic mass is 10.00. The van der Waals surface area contributed by atoms with Gasteiger partial charge in [-0.05, 0) is 20.3 Å². The van der Waals surface area contributed by atoms with Gasteiger partial charge in [-0.25, -0.2) is 9.59 Å². The Bertz CT molecular complexity index is 319. The number of rotatable bonds is 6. The normalized spacial score (nSPS) is 15.5. The van der Waals surface area contributed by atoms with Crippen LogP contribution < -0.4 is 16.4 Å². The van der Waals surface area contributed by atoms with Crippen molar-refractivity contribution in [3.8, 4) is 0 Å². The van der Waals surface area contributed by atoms with Gasteiger partial charge in [-0.1, -0.05) is 6.92 Å². The van der Waals surface area contributed by atoms with Crippen LogP contribution in [0, 0.1) is 0 Å². The molecule has 0 aromatic carbocycles. The molecule has 7 heteroatoms. The Morgan fingerprint density at radius 3 is 2.29 bits per heavy atom. The fourth-order valence-electron chi connectivity index (χ4n) is 1.16. The second kappa shape index (κ2) is 6.07. The van der Waals surface area contributed by atoms with Gasteiger partial charge < -0.3 is 21.5 Å². The molecule has 0 aliphatic carbocycles. The van der Waals surface area contributed by atoms with Crippen molar-refractivity contribution < 1.29 is 19.5 Å². The number of carboxylic acids is 1. The molecule has 0 heterocycles. The highest BCUT2D eigenvalue weighted by molar-refractivity contribution is 5.86. The maximum Gasteiger partial charge on any atom is 0.329 e. The molecule has 0 spiro atoms. The van der Waals surface area contributed by atoms with Crippen LogP contribution in [0.2, 0.25) is 0 Å². The van der Waals surface area contributed by atoms with Crippen LogP contribution in [0.4, 0.5) is 4.79 Å². The monoisotopic (exact) mass is 245 g/mol. The van der Waals surface area contributed by atoms with Crippen LogP contribution in [-0.4, -0.2) is 34.6 Å². The SMILES string of the molecule is CCC(C)(NC(=O)NC(C)CC(N)=O)C(=O)O. The van der Waals surface area contributed by atoms with E-state index >= 15 is 0 Å². The molecule has 0 aromatic rings. The minimum atomic E-state index is -1.32. The van der Waals surface area contributed by atoms with Gasteiger partial charge in [0.05, 0.1) is 0 Å². The summed E-state index contributed by atoms with van der Waals surface area (Å²) in [4.78, 5) is 33.0. The predicted molar refractivity (Wildman–Crippen MR) is 61.3 cm³/mol. The summed E-state index contributed by atoms with van der Waals surface area (Å²) in [6.07, 6.45) is 0.253. The predicted octanol–water partition coefficient (Wildman–Crippen LogP) is -0.197. The Balaban J connectivity index is 4.35. The van der Waals surface area contributed by atoms with Gasteiger partial charge in [0.2, 0.25) is 5.91 Å². The van der Waals surface area contributed by atoms with E-state index in [1.54, 1.807) is 13.8 Å². The minimum Gasteiger partial charge on any atom is -0.480 e. The third-order valence-electron chi connectivity index (χ3n) is 2.45. The van der Waals surface area contributed by atoms with Crippen LogP contribution in [0.3, 0.4) is 0 Å².